The predicted molar refractivity (Wildman–Crippen MR) is 86.1 cm³/mol. The second-order valence-electron chi connectivity index (χ2n) is 6.99. The number of primary sulfonamides is 1. The van der Waals surface area contributed by atoms with E-state index < -0.39 is 32.7 Å². The summed E-state index contributed by atoms with van der Waals surface area (Å²) < 4.78 is 22.4. The number of aliphatic carboxylic acids is 1. The van der Waals surface area contributed by atoms with Crippen LogP contribution in [0.2, 0.25) is 0 Å². The minimum Gasteiger partial charge on any atom is -0.550 e. The van der Waals surface area contributed by atoms with Crippen LogP contribution >= 0.6 is 0 Å². The zero-order chi connectivity index (χ0) is 18.3. The van der Waals surface area contributed by atoms with Crippen molar-refractivity contribution in [3.63, 3.8) is 0 Å². The Kier molecular flexibility index (Phi) is 4.49. The topological polar surface area (TPSA) is 129 Å². The molecule has 132 valence electrons. The fraction of sp³-hybridized carbons (Fsp3) is 0.500. The molecule has 8 heteroatoms. The number of nitrogens with one attached hydrogen (secondary N) is 1. The van der Waals surface area contributed by atoms with Gasteiger partial charge in [-0.3, -0.25) is 4.79 Å². The molecule has 1 aliphatic carbocycles. The molecule has 0 aromatic heterocycles. The van der Waals surface area contributed by atoms with Gasteiger partial charge in [0.2, 0.25) is 15.9 Å². The molecule has 0 unspecified atom stereocenters. The maximum atomic E-state index is 12.6. The summed E-state index contributed by atoms with van der Waals surface area (Å²) in [6.45, 7) is 5.12. The molecule has 2 atom stereocenters. The van der Waals surface area contributed by atoms with E-state index in [-0.39, 0.29) is 10.8 Å². The van der Waals surface area contributed by atoms with Gasteiger partial charge in [-0.05, 0) is 42.5 Å². The molecule has 0 spiro atoms. The van der Waals surface area contributed by atoms with Crippen molar-refractivity contribution in [3.8, 4) is 0 Å². The summed E-state index contributed by atoms with van der Waals surface area (Å²) in [6, 6.07) is 5.49. The maximum absolute atomic E-state index is 12.6. The molecule has 0 heterocycles. The van der Waals surface area contributed by atoms with Crippen LogP contribution in [-0.4, -0.2) is 20.3 Å². The monoisotopic (exact) mass is 353 g/mol. The first-order valence-electron chi connectivity index (χ1n) is 7.55. The normalized spacial score (nSPS) is 26.1. The lowest BCUT2D eigenvalue weighted by atomic mass is 9.65. The molecule has 0 radical (unpaired) electrons. The zero-order valence-corrected chi connectivity index (χ0v) is 14.6. The summed E-state index contributed by atoms with van der Waals surface area (Å²) >= 11 is 0. The van der Waals surface area contributed by atoms with Crippen molar-refractivity contribution in [2.75, 3.05) is 5.32 Å². The molecule has 1 saturated carbocycles. The Balaban J connectivity index is 2.18. The van der Waals surface area contributed by atoms with E-state index in [0.717, 1.165) is 0 Å². The lowest BCUT2D eigenvalue weighted by Gasteiger charge is -2.41. The molecule has 0 bridgehead atoms. The van der Waals surface area contributed by atoms with Crippen LogP contribution in [0.3, 0.4) is 0 Å². The van der Waals surface area contributed by atoms with Gasteiger partial charge in [0.1, 0.15) is 0 Å². The SMILES string of the molecule is CC1(C)[C@H](C(=O)Nc2ccc(S(N)(=O)=O)cc2)CC[C@@]1(C)C(=O)[O-]. The molecule has 1 aromatic carbocycles. The van der Waals surface area contributed by atoms with E-state index in [9.17, 15) is 23.1 Å². The molecule has 1 aromatic rings. The van der Waals surface area contributed by atoms with Crippen LogP contribution in [0.15, 0.2) is 29.2 Å². The molecule has 7 nitrogen and oxygen atoms in total. The average Bonchev–Trinajstić information content (AvgIpc) is 2.70. The number of carbonyl (C=O) groups is 2. The van der Waals surface area contributed by atoms with Crippen LogP contribution in [0.1, 0.15) is 33.6 Å². The van der Waals surface area contributed by atoms with Crippen molar-refractivity contribution >= 4 is 27.6 Å². The number of sulfonamides is 1. The fourth-order valence-electron chi connectivity index (χ4n) is 3.28. The van der Waals surface area contributed by atoms with Crippen LogP contribution in [0, 0.1) is 16.7 Å². The van der Waals surface area contributed by atoms with Gasteiger partial charge in [0.25, 0.3) is 0 Å². The van der Waals surface area contributed by atoms with Crippen molar-refractivity contribution in [2.45, 2.75) is 38.5 Å². The number of rotatable bonds is 4. The number of benzene rings is 1. The lowest BCUT2D eigenvalue weighted by Crippen LogP contribution is -2.49. The summed E-state index contributed by atoms with van der Waals surface area (Å²) in [6.07, 6.45) is 0.809. The molecule has 3 N–H and O–H groups in total. The second-order valence-corrected chi connectivity index (χ2v) is 8.55. The summed E-state index contributed by atoms with van der Waals surface area (Å²) in [5.41, 5.74) is -1.42. The van der Waals surface area contributed by atoms with Gasteiger partial charge in [0.05, 0.1) is 4.90 Å². The van der Waals surface area contributed by atoms with E-state index >= 15 is 0 Å². The van der Waals surface area contributed by atoms with E-state index in [1.54, 1.807) is 20.8 Å². The fourth-order valence-corrected chi connectivity index (χ4v) is 3.80. The van der Waals surface area contributed by atoms with Crippen molar-refractivity contribution in [2.24, 2.45) is 21.9 Å². The minimum absolute atomic E-state index is 0.0498. The van der Waals surface area contributed by atoms with Gasteiger partial charge in [-0.1, -0.05) is 20.8 Å². The minimum atomic E-state index is -3.79. The number of anilines is 1. The van der Waals surface area contributed by atoms with Gasteiger partial charge in [0, 0.05) is 23.0 Å². The summed E-state index contributed by atoms with van der Waals surface area (Å²) in [5.74, 6) is -1.94. The van der Waals surface area contributed by atoms with Gasteiger partial charge in [-0.2, -0.15) is 0 Å². The van der Waals surface area contributed by atoms with Gasteiger partial charge in [-0.15, -0.1) is 0 Å². The first-order valence-corrected chi connectivity index (χ1v) is 9.09. The highest BCUT2D eigenvalue weighted by Crippen LogP contribution is 2.55. The second kappa shape index (κ2) is 5.86. The quantitative estimate of drug-likeness (QED) is 0.812. The Bertz CT molecular complexity index is 770. The van der Waals surface area contributed by atoms with Gasteiger partial charge >= 0.3 is 0 Å². The van der Waals surface area contributed by atoms with E-state index in [2.05, 4.69) is 5.32 Å². The Morgan fingerprint density at radius 1 is 1.21 bits per heavy atom. The Morgan fingerprint density at radius 2 is 1.75 bits per heavy atom. The van der Waals surface area contributed by atoms with Crippen molar-refractivity contribution in [1.82, 2.24) is 0 Å². The summed E-state index contributed by atoms with van der Waals surface area (Å²) in [5, 5.41) is 19.2. The number of carbonyl (C=O) groups excluding carboxylic acids is 2. The van der Waals surface area contributed by atoms with E-state index in [4.69, 9.17) is 5.14 Å². The lowest BCUT2D eigenvalue weighted by molar-refractivity contribution is -0.323. The largest absolute Gasteiger partial charge is 0.550 e. The van der Waals surface area contributed by atoms with E-state index in [1.165, 1.54) is 24.3 Å². The van der Waals surface area contributed by atoms with Crippen LogP contribution in [0.25, 0.3) is 0 Å². The molecular formula is C16H21N2O5S-. The Labute approximate surface area is 141 Å². The van der Waals surface area contributed by atoms with E-state index in [1.807, 2.05) is 0 Å². The number of carboxylic acids is 1. The number of carboxylic acid groups (broad SMARTS) is 1. The molecule has 1 fully saturated rings. The standard InChI is InChI=1S/C16H22N2O5S/c1-15(2)12(8-9-16(15,3)14(20)21)13(19)18-10-4-6-11(7-5-10)24(17,22)23/h4-7,12H,8-9H2,1-3H3,(H,18,19)(H,20,21)(H2,17,22,23)/p-1/t12-,16-/m0/s1. The molecule has 1 aliphatic rings. The van der Waals surface area contributed by atoms with Crippen LogP contribution in [0.5, 0.6) is 0 Å². The van der Waals surface area contributed by atoms with Crippen LogP contribution < -0.4 is 15.6 Å². The summed E-state index contributed by atoms with van der Waals surface area (Å²) in [7, 11) is -3.79. The first kappa shape index (κ1) is 18.4. The van der Waals surface area contributed by atoms with E-state index in [0.29, 0.717) is 18.5 Å². The zero-order valence-electron chi connectivity index (χ0n) is 13.8. The van der Waals surface area contributed by atoms with Crippen molar-refractivity contribution in [1.29, 1.82) is 0 Å². The highest BCUT2D eigenvalue weighted by Gasteiger charge is 2.54. The molecule has 0 saturated heterocycles. The first-order chi connectivity index (χ1) is 10.9. The number of hydrogen-bond donors (Lipinski definition) is 2. The highest BCUT2D eigenvalue weighted by molar-refractivity contribution is 7.89. The van der Waals surface area contributed by atoms with Crippen molar-refractivity contribution < 1.29 is 23.1 Å². The number of amides is 1. The van der Waals surface area contributed by atoms with Gasteiger partial charge < -0.3 is 15.2 Å². The number of hydrogen-bond acceptors (Lipinski definition) is 5. The Morgan fingerprint density at radius 3 is 2.17 bits per heavy atom. The maximum Gasteiger partial charge on any atom is 0.238 e. The average molecular weight is 353 g/mol. The third kappa shape index (κ3) is 3.03. The predicted octanol–water partition coefficient (Wildman–Crippen LogP) is 0.465. The highest BCUT2D eigenvalue weighted by atomic mass is 32.2. The van der Waals surface area contributed by atoms with Gasteiger partial charge in [-0.25, -0.2) is 13.6 Å². The third-order valence-corrected chi connectivity index (χ3v) is 6.37. The Hall–Kier alpha value is -1.93. The van der Waals surface area contributed by atoms with Crippen molar-refractivity contribution in [3.05, 3.63) is 24.3 Å². The molecular weight excluding hydrogens is 332 g/mol. The molecule has 2 rings (SSSR count). The molecule has 0 aliphatic heterocycles. The van der Waals surface area contributed by atoms with Crippen LogP contribution in [0.4, 0.5) is 5.69 Å². The van der Waals surface area contributed by atoms with Gasteiger partial charge in [0.15, 0.2) is 0 Å². The summed E-state index contributed by atoms with van der Waals surface area (Å²) in [4.78, 5) is 24.0. The van der Waals surface area contributed by atoms with Crippen LogP contribution in [-0.2, 0) is 19.6 Å². The molecule has 1 amide bonds. The smallest absolute Gasteiger partial charge is 0.238 e. The molecule has 24 heavy (non-hydrogen) atoms. The number of nitrogens with two attached hydrogens (primary N) is 1. The third-order valence-electron chi connectivity index (χ3n) is 5.44.